The number of hydrogen-bond donors (Lipinski definition) is 0. The summed E-state index contributed by atoms with van der Waals surface area (Å²) in [7, 11) is 0. The second-order valence-corrected chi connectivity index (χ2v) is 5.04. The Bertz CT molecular complexity index is 441. The van der Waals surface area contributed by atoms with E-state index in [1.807, 2.05) is 0 Å². The molecule has 106 valence electrons. The minimum atomic E-state index is 0.858. The van der Waals surface area contributed by atoms with E-state index in [9.17, 15) is 0 Å². The van der Waals surface area contributed by atoms with E-state index in [4.69, 9.17) is 0 Å². The first-order valence-electron chi connectivity index (χ1n) is 7.86. The third kappa shape index (κ3) is 7.06. The maximum Gasteiger partial charge on any atom is 0.0343 e. The molecule has 0 unspecified atom stereocenters. The Morgan fingerprint density at radius 2 is 1.15 bits per heavy atom. The van der Waals surface area contributed by atoms with E-state index in [0.29, 0.717) is 0 Å². The van der Waals surface area contributed by atoms with Gasteiger partial charge in [0.05, 0.1) is 0 Å². The van der Waals surface area contributed by atoms with Gasteiger partial charge in [-0.2, -0.15) is 0 Å². The zero-order chi connectivity index (χ0) is 14.5. The molecule has 0 radical (unpaired) electrons. The molecule has 0 saturated carbocycles. The van der Waals surface area contributed by atoms with E-state index in [2.05, 4.69) is 61.8 Å². The normalized spacial score (nSPS) is 9.30. The molecule has 0 saturated heterocycles. The molecule has 0 aliphatic rings. The lowest BCUT2D eigenvalue weighted by atomic mass is 10.0. The zero-order valence-corrected chi connectivity index (χ0v) is 13.0. The van der Waals surface area contributed by atoms with E-state index in [-0.39, 0.29) is 0 Å². The minimum Gasteiger partial charge on any atom is -0.103 e. The van der Waals surface area contributed by atoms with Crippen molar-refractivity contribution in [2.75, 3.05) is 0 Å². The Morgan fingerprint density at radius 1 is 0.700 bits per heavy atom. The van der Waals surface area contributed by atoms with Crippen LogP contribution in [0.1, 0.15) is 63.5 Å². The molecule has 0 heterocycles. The lowest BCUT2D eigenvalue weighted by Gasteiger charge is -2.02. The van der Waals surface area contributed by atoms with Crippen molar-refractivity contribution < 1.29 is 0 Å². The zero-order valence-electron chi connectivity index (χ0n) is 13.0. The number of hydrogen-bond acceptors (Lipinski definition) is 0. The van der Waals surface area contributed by atoms with Crippen molar-refractivity contribution >= 4 is 0 Å². The Hall–Kier alpha value is -1.66. The van der Waals surface area contributed by atoms with Crippen LogP contribution in [-0.4, -0.2) is 0 Å². The fraction of sp³-hybridized carbons (Fsp3) is 0.500. The highest BCUT2D eigenvalue weighted by Crippen LogP contribution is 2.09. The molecule has 1 aromatic carbocycles. The van der Waals surface area contributed by atoms with Gasteiger partial charge in [0.25, 0.3) is 0 Å². The smallest absolute Gasteiger partial charge is 0.0343 e. The second-order valence-electron chi connectivity index (χ2n) is 5.04. The number of benzene rings is 1. The summed E-state index contributed by atoms with van der Waals surface area (Å²) in [4.78, 5) is 0. The summed E-state index contributed by atoms with van der Waals surface area (Å²) in [5, 5.41) is 0. The van der Waals surface area contributed by atoms with Gasteiger partial charge in [0.2, 0.25) is 0 Å². The molecule has 0 amide bonds. The summed E-state index contributed by atoms with van der Waals surface area (Å²) in [5.74, 6) is 13.1. The Kier molecular flexibility index (Phi) is 9.17. The molecule has 0 N–H and O–H groups in total. The SMILES string of the molecule is CCCCC#CCc1ccccc1CC#CCCCC. The van der Waals surface area contributed by atoms with Gasteiger partial charge in [0.1, 0.15) is 0 Å². The van der Waals surface area contributed by atoms with E-state index < -0.39 is 0 Å². The summed E-state index contributed by atoms with van der Waals surface area (Å²) in [6.45, 7) is 4.41. The highest BCUT2D eigenvalue weighted by molar-refractivity contribution is 5.33. The van der Waals surface area contributed by atoms with Crippen molar-refractivity contribution in [3.8, 4) is 23.7 Å². The molecule has 1 aromatic rings. The number of unbranched alkanes of at least 4 members (excludes halogenated alkanes) is 4. The van der Waals surface area contributed by atoms with Crippen LogP contribution < -0.4 is 0 Å². The molecular weight excluding hydrogens is 240 g/mol. The van der Waals surface area contributed by atoms with Crippen LogP contribution >= 0.6 is 0 Å². The third-order valence-electron chi connectivity index (χ3n) is 3.24. The fourth-order valence-corrected chi connectivity index (χ4v) is 1.92. The summed E-state index contributed by atoms with van der Waals surface area (Å²) < 4.78 is 0. The molecule has 20 heavy (non-hydrogen) atoms. The topological polar surface area (TPSA) is 0 Å². The lowest BCUT2D eigenvalue weighted by molar-refractivity contribution is 0.827. The Morgan fingerprint density at radius 3 is 1.55 bits per heavy atom. The second kappa shape index (κ2) is 11.2. The van der Waals surface area contributed by atoms with Gasteiger partial charge in [0, 0.05) is 25.7 Å². The van der Waals surface area contributed by atoms with Crippen LogP contribution in [0.3, 0.4) is 0 Å². The maximum absolute atomic E-state index is 3.29. The minimum absolute atomic E-state index is 0.858. The molecule has 0 heteroatoms. The van der Waals surface area contributed by atoms with Crippen LogP contribution in [0.25, 0.3) is 0 Å². The van der Waals surface area contributed by atoms with Gasteiger partial charge in [-0.15, -0.1) is 11.8 Å². The molecule has 1 rings (SSSR count). The van der Waals surface area contributed by atoms with Gasteiger partial charge in [-0.3, -0.25) is 0 Å². The van der Waals surface area contributed by atoms with Gasteiger partial charge in [-0.1, -0.05) is 62.8 Å². The van der Waals surface area contributed by atoms with Crippen LogP contribution in [-0.2, 0) is 12.8 Å². The largest absolute Gasteiger partial charge is 0.103 e. The van der Waals surface area contributed by atoms with E-state index in [1.165, 1.54) is 36.8 Å². The monoisotopic (exact) mass is 266 g/mol. The highest BCUT2D eigenvalue weighted by Gasteiger charge is 1.97. The fourth-order valence-electron chi connectivity index (χ4n) is 1.92. The van der Waals surface area contributed by atoms with Crippen molar-refractivity contribution in [2.45, 2.75) is 65.2 Å². The molecule has 0 nitrogen and oxygen atoms in total. The molecule has 0 spiro atoms. The highest BCUT2D eigenvalue weighted by atomic mass is 14.0. The van der Waals surface area contributed by atoms with E-state index in [0.717, 1.165) is 25.7 Å². The van der Waals surface area contributed by atoms with Gasteiger partial charge in [-0.05, 0) is 24.0 Å². The molecule has 0 aliphatic heterocycles. The van der Waals surface area contributed by atoms with Crippen molar-refractivity contribution in [3.05, 3.63) is 35.4 Å². The third-order valence-corrected chi connectivity index (χ3v) is 3.24. The van der Waals surface area contributed by atoms with Gasteiger partial charge in [-0.25, -0.2) is 0 Å². The van der Waals surface area contributed by atoms with Crippen LogP contribution in [0.5, 0.6) is 0 Å². The van der Waals surface area contributed by atoms with Crippen LogP contribution in [0, 0.1) is 23.7 Å². The molecule has 0 bridgehead atoms. The standard InChI is InChI=1S/C20H26/c1-3-5-7-9-11-15-19-17-13-14-18-20(19)16-12-10-8-6-4-2/h13-14,17-18H,3-8,15-16H2,1-2H3. The maximum atomic E-state index is 3.29. The van der Waals surface area contributed by atoms with Crippen LogP contribution in [0.4, 0.5) is 0 Å². The van der Waals surface area contributed by atoms with Crippen molar-refractivity contribution in [1.29, 1.82) is 0 Å². The summed E-state index contributed by atoms with van der Waals surface area (Å²) in [6, 6.07) is 8.54. The lowest BCUT2D eigenvalue weighted by Crippen LogP contribution is -1.91. The van der Waals surface area contributed by atoms with Crippen LogP contribution in [0.15, 0.2) is 24.3 Å². The quantitative estimate of drug-likeness (QED) is 0.493. The molecule has 0 atom stereocenters. The summed E-state index contributed by atoms with van der Waals surface area (Å²) in [6.07, 6.45) is 8.62. The van der Waals surface area contributed by atoms with Crippen molar-refractivity contribution in [2.24, 2.45) is 0 Å². The first kappa shape index (κ1) is 16.4. The molecule has 0 fully saturated rings. The molecule has 0 aliphatic carbocycles. The Labute approximate surface area is 125 Å². The average molecular weight is 266 g/mol. The van der Waals surface area contributed by atoms with E-state index >= 15 is 0 Å². The molecular formula is C20H26. The number of rotatable bonds is 6. The van der Waals surface area contributed by atoms with Gasteiger partial charge in [0.15, 0.2) is 0 Å². The average Bonchev–Trinajstić information content (AvgIpc) is 2.48. The van der Waals surface area contributed by atoms with Crippen molar-refractivity contribution in [3.63, 3.8) is 0 Å². The van der Waals surface area contributed by atoms with Gasteiger partial charge >= 0.3 is 0 Å². The summed E-state index contributed by atoms with van der Waals surface area (Å²) in [5.41, 5.74) is 2.67. The van der Waals surface area contributed by atoms with Gasteiger partial charge < -0.3 is 0 Å². The van der Waals surface area contributed by atoms with Crippen LogP contribution in [0.2, 0.25) is 0 Å². The van der Waals surface area contributed by atoms with Crippen molar-refractivity contribution in [1.82, 2.24) is 0 Å². The first-order chi connectivity index (χ1) is 9.88. The Balaban J connectivity index is 2.53. The summed E-state index contributed by atoms with van der Waals surface area (Å²) >= 11 is 0. The molecule has 0 aromatic heterocycles. The van der Waals surface area contributed by atoms with E-state index in [1.54, 1.807) is 0 Å². The predicted molar refractivity (Wildman–Crippen MR) is 88.5 cm³/mol. The first-order valence-corrected chi connectivity index (χ1v) is 7.86. The predicted octanol–water partition coefficient (Wildman–Crippen LogP) is 5.16.